The van der Waals surface area contributed by atoms with E-state index in [0.29, 0.717) is 25.6 Å². The highest BCUT2D eigenvalue weighted by atomic mass is 32.2. The van der Waals surface area contributed by atoms with Crippen LogP contribution < -0.4 is 10.0 Å². The van der Waals surface area contributed by atoms with Crippen LogP contribution in [0.25, 0.3) is 0 Å². The zero-order chi connectivity index (χ0) is 12.3. The third-order valence-corrected chi connectivity index (χ3v) is 5.04. The van der Waals surface area contributed by atoms with E-state index in [-0.39, 0.29) is 0 Å². The van der Waals surface area contributed by atoms with Crippen LogP contribution in [0.1, 0.15) is 6.42 Å². The molecule has 7 heteroatoms. The fourth-order valence-corrected chi connectivity index (χ4v) is 3.68. The third-order valence-electron chi connectivity index (χ3n) is 3.46. The Labute approximate surface area is 104 Å². The summed E-state index contributed by atoms with van der Waals surface area (Å²) in [6.07, 6.45) is 1.08. The van der Waals surface area contributed by atoms with Crippen LogP contribution in [0.4, 0.5) is 0 Å². The summed E-state index contributed by atoms with van der Waals surface area (Å²) in [7, 11) is -1.19. The van der Waals surface area contributed by atoms with E-state index in [1.54, 1.807) is 0 Å². The first-order chi connectivity index (χ1) is 8.08. The molecule has 2 heterocycles. The summed E-state index contributed by atoms with van der Waals surface area (Å²) < 4.78 is 28.3. The Bertz CT molecular complexity index is 340. The van der Waals surface area contributed by atoms with Gasteiger partial charge in [0, 0.05) is 39.3 Å². The molecule has 17 heavy (non-hydrogen) atoms. The Morgan fingerprint density at radius 3 is 2.59 bits per heavy atom. The molecule has 0 aliphatic carbocycles. The summed E-state index contributed by atoms with van der Waals surface area (Å²) in [4.78, 5) is 2.24. The van der Waals surface area contributed by atoms with Gasteiger partial charge in [0.15, 0.2) is 0 Å². The van der Waals surface area contributed by atoms with Gasteiger partial charge in [0.1, 0.15) is 0 Å². The highest BCUT2D eigenvalue weighted by Crippen LogP contribution is 2.13. The van der Waals surface area contributed by atoms with Gasteiger partial charge in [-0.25, -0.2) is 4.72 Å². The van der Waals surface area contributed by atoms with Crippen molar-refractivity contribution in [3.8, 4) is 0 Å². The number of nitrogens with one attached hydrogen (secondary N) is 2. The first kappa shape index (κ1) is 13.2. The van der Waals surface area contributed by atoms with Gasteiger partial charge in [0.2, 0.25) is 0 Å². The van der Waals surface area contributed by atoms with Crippen molar-refractivity contribution in [2.24, 2.45) is 5.92 Å². The molecule has 0 saturated carbocycles. The molecule has 0 amide bonds. The molecule has 2 rings (SSSR count). The van der Waals surface area contributed by atoms with Crippen LogP contribution >= 0.6 is 0 Å². The van der Waals surface area contributed by atoms with Crippen LogP contribution in [0, 0.1) is 5.92 Å². The number of rotatable bonds is 4. The van der Waals surface area contributed by atoms with Gasteiger partial charge in [-0.1, -0.05) is 0 Å². The molecular formula is C10H22N4O2S. The fraction of sp³-hybridized carbons (Fsp3) is 1.00. The molecule has 2 saturated heterocycles. The van der Waals surface area contributed by atoms with E-state index < -0.39 is 10.2 Å². The maximum absolute atomic E-state index is 12.0. The van der Waals surface area contributed by atoms with Crippen molar-refractivity contribution < 1.29 is 8.42 Å². The van der Waals surface area contributed by atoms with Gasteiger partial charge in [0.05, 0.1) is 0 Å². The Hall–Kier alpha value is -0.210. The number of piperazine rings is 1. The van der Waals surface area contributed by atoms with Crippen LogP contribution in [-0.4, -0.2) is 70.5 Å². The van der Waals surface area contributed by atoms with Crippen molar-refractivity contribution in [3.05, 3.63) is 0 Å². The summed E-state index contributed by atoms with van der Waals surface area (Å²) in [5.74, 6) is 0.456. The molecule has 0 aromatic carbocycles. The number of hydrogen-bond donors (Lipinski definition) is 2. The minimum absolute atomic E-state index is 0.456. The summed E-state index contributed by atoms with van der Waals surface area (Å²) in [6, 6.07) is 0. The van der Waals surface area contributed by atoms with Gasteiger partial charge in [-0.05, 0) is 25.9 Å². The summed E-state index contributed by atoms with van der Waals surface area (Å²) in [5, 5.41) is 3.15. The van der Waals surface area contributed by atoms with Gasteiger partial charge in [-0.2, -0.15) is 12.7 Å². The van der Waals surface area contributed by atoms with Crippen LogP contribution in [0.2, 0.25) is 0 Å². The molecule has 0 aromatic heterocycles. The Balaban J connectivity index is 1.80. The van der Waals surface area contributed by atoms with E-state index >= 15 is 0 Å². The van der Waals surface area contributed by atoms with Crippen molar-refractivity contribution in [1.29, 1.82) is 0 Å². The van der Waals surface area contributed by atoms with Crippen LogP contribution in [0.5, 0.6) is 0 Å². The van der Waals surface area contributed by atoms with Gasteiger partial charge >= 0.3 is 0 Å². The minimum Gasteiger partial charge on any atom is -0.314 e. The van der Waals surface area contributed by atoms with Crippen molar-refractivity contribution in [2.45, 2.75) is 6.42 Å². The lowest BCUT2D eigenvalue weighted by Gasteiger charge is -2.27. The molecule has 0 bridgehead atoms. The molecule has 6 nitrogen and oxygen atoms in total. The zero-order valence-electron chi connectivity index (χ0n) is 10.4. The standard InChI is InChI=1S/C10H22N4O2S/c1-13-5-2-10(9-13)8-12-17(15,16)14-6-3-11-4-7-14/h10-12H,2-9H2,1H3. The minimum atomic E-state index is -3.26. The second kappa shape index (κ2) is 5.62. The summed E-state index contributed by atoms with van der Waals surface area (Å²) in [5.41, 5.74) is 0. The van der Waals surface area contributed by atoms with Crippen molar-refractivity contribution >= 4 is 10.2 Å². The topological polar surface area (TPSA) is 64.7 Å². The lowest BCUT2D eigenvalue weighted by molar-refractivity contribution is 0.350. The van der Waals surface area contributed by atoms with E-state index in [1.165, 1.54) is 4.31 Å². The Morgan fingerprint density at radius 1 is 1.29 bits per heavy atom. The van der Waals surface area contributed by atoms with E-state index in [4.69, 9.17) is 0 Å². The average molecular weight is 262 g/mol. The predicted molar refractivity (Wildman–Crippen MR) is 67.0 cm³/mol. The molecule has 2 aliphatic heterocycles. The van der Waals surface area contributed by atoms with Crippen molar-refractivity contribution in [2.75, 3.05) is 52.9 Å². The SMILES string of the molecule is CN1CCC(CNS(=O)(=O)N2CCNCC2)C1. The number of likely N-dealkylation sites (tertiary alicyclic amines) is 1. The maximum atomic E-state index is 12.0. The highest BCUT2D eigenvalue weighted by molar-refractivity contribution is 7.87. The van der Waals surface area contributed by atoms with Crippen molar-refractivity contribution in [1.82, 2.24) is 19.2 Å². The highest BCUT2D eigenvalue weighted by Gasteiger charge is 2.26. The van der Waals surface area contributed by atoms with Gasteiger partial charge in [0.25, 0.3) is 10.2 Å². The number of nitrogens with zero attached hydrogens (tertiary/aromatic N) is 2. The third kappa shape index (κ3) is 3.62. The van der Waals surface area contributed by atoms with Crippen LogP contribution in [0.3, 0.4) is 0 Å². The zero-order valence-corrected chi connectivity index (χ0v) is 11.2. The Morgan fingerprint density at radius 2 is 2.00 bits per heavy atom. The Kier molecular flexibility index (Phi) is 4.37. The smallest absolute Gasteiger partial charge is 0.279 e. The molecule has 100 valence electrons. The van der Waals surface area contributed by atoms with E-state index in [1.807, 2.05) is 0 Å². The first-order valence-corrected chi connectivity index (χ1v) is 7.66. The molecule has 2 aliphatic rings. The van der Waals surface area contributed by atoms with E-state index in [0.717, 1.165) is 32.6 Å². The van der Waals surface area contributed by atoms with E-state index in [9.17, 15) is 8.42 Å². The van der Waals surface area contributed by atoms with Crippen LogP contribution in [-0.2, 0) is 10.2 Å². The number of hydrogen-bond acceptors (Lipinski definition) is 4. The molecule has 2 N–H and O–H groups in total. The first-order valence-electron chi connectivity index (χ1n) is 6.22. The average Bonchev–Trinajstić information content (AvgIpc) is 2.74. The molecule has 1 unspecified atom stereocenters. The molecule has 0 aromatic rings. The van der Waals surface area contributed by atoms with Gasteiger partial charge in [-0.15, -0.1) is 0 Å². The second-order valence-electron chi connectivity index (χ2n) is 4.92. The predicted octanol–water partition coefficient (Wildman–Crippen LogP) is -1.32. The molecular weight excluding hydrogens is 240 g/mol. The van der Waals surface area contributed by atoms with Gasteiger partial charge < -0.3 is 10.2 Å². The maximum Gasteiger partial charge on any atom is 0.279 e. The largest absolute Gasteiger partial charge is 0.314 e. The molecule has 1 atom stereocenters. The molecule has 0 spiro atoms. The quantitative estimate of drug-likeness (QED) is 0.659. The molecule has 2 fully saturated rings. The summed E-state index contributed by atoms with van der Waals surface area (Å²) in [6.45, 7) is 5.25. The van der Waals surface area contributed by atoms with Gasteiger partial charge in [-0.3, -0.25) is 0 Å². The van der Waals surface area contributed by atoms with Crippen molar-refractivity contribution in [3.63, 3.8) is 0 Å². The monoisotopic (exact) mass is 262 g/mol. The fourth-order valence-electron chi connectivity index (χ4n) is 2.39. The molecule has 0 radical (unpaired) electrons. The summed E-state index contributed by atoms with van der Waals surface area (Å²) >= 11 is 0. The normalized spacial score (nSPS) is 28.6. The lowest BCUT2D eigenvalue weighted by atomic mass is 10.1. The van der Waals surface area contributed by atoms with Crippen LogP contribution in [0.15, 0.2) is 0 Å². The second-order valence-corrected chi connectivity index (χ2v) is 6.67. The van der Waals surface area contributed by atoms with E-state index in [2.05, 4.69) is 22.0 Å². The lowest BCUT2D eigenvalue weighted by Crippen LogP contribution is -2.51.